The Morgan fingerprint density at radius 2 is 1.79 bits per heavy atom. The van der Waals surface area contributed by atoms with E-state index in [2.05, 4.69) is 10.6 Å². The lowest BCUT2D eigenvalue weighted by Gasteiger charge is -2.08. The number of thiocarbonyl (C=S) groups is 1. The summed E-state index contributed by atoms with van der Waals surface area (Å²) in [5.74, 6) is 0.776. The molecule has 2 N–H and O–H groups in total. The summed E-state index contributed by atoms with van der Waals surface area (Å²) in [7, 11) is 0. The fourth-order valence-corrected chi connectivity index (χ4v) is 3.09. The van der Waals surface area contributed by atoms with Gasteiger partial charge >= 0.3 is 0 Å². The van der Waals surface area contributed by atoms with Crippen LogP contribution in [0.4, 0.5) is 5.69 Å². The number of amides is 1. The van der Waals surface area contributed by atoms with Crippen molar-refractivity contribution in [1.82, 2.24) is 5.32 Å². The summed E-state index contributed by atoms with van der Waals surface area (Å²) >= 11 is 23.1. The van der Waals surface area contributed by atoms with E-state index >= 15 is 0 Å². The molecule has 3 rings (SSSR count). The van der Waals surface area contributed by atoms with Gasteiger partial charge in [0.15, 0.2) is 5.11 Å². The first-order chi connectivity index (χ1) is 13.8. The van der Waals surface area contributed by atoms with Gasteiger partial charge in [-0.25, -0.2) is 0 Å². The van der Waals surface area contributed by atoms with E-state index in [9.17, 15) is 4.79 Å². The van der Waals surface area contributed by atoms with E-state index in [0.717, 1.165) is 11.1 Å². The van der Waals surface area contributed by atoms with Crippen molar-refractivity contribution in [3.8, 4) is 11.3 Å². The van der Waals surface area contributed by atoms with E-state index in [1.807, 2.05) is 31.2 Å². The number of nitrogens with one attached hydrogen (secondary N) is 2. The van der Waals surface area contributed by atoms with Gasteiger partial charge in [-0.2, -0.15) is 0 Å². The molecule has 2 aromatic carbocycles. The Bertz CT molecular complexity index is 1110. The molecular weight excluding hydrogens is 451 g/mol. The lowest BCUT2D eigenvalue weighted by Crippen LogP contribution is -2.32. The highest BCUT2D eigenvalue weighted by Crippen LogP contribution is 2.27. The van der Waals surface area contributed by atoms with E-state index in [0.29, 0.717) is 32.3 Å². The summed E-state index contributed by atoms with van der Waals surface area (Å²) in [4.78, 5) is 12.1. The maximum absolute atomic E-state index is 12.1. The molecule has 0 unspecified atom stereocenters. The molecule has 0 atom stereocenters. The van der Waals surface area contributed by atoms with E-state index < -0.39 is 5.91 Å². The summed E-state index contributed by atoms with van der Waals surface area (Å²) < 4.78 is 5.74. The highest BCUT2D eigenvalue weighted by Gasteiger charge is 2.07. The fourth-order valence-electron chi connectivity index (χ4n) is 2.39. The fraction of sp³-hybridized carbons (Fsp3) is 0.0476. The first-order valence-electron chi connectivity index (χ1n) is 8.43. The summed E-state index contributed by atoms with van der Waals surface area (Å²) in [5.41, 5.74) is 2.46. The Kier molecular flexibility index (Phi) is 6.98. The number of benzene rings is 2. The number of halogens is 3. The molecule has 0 aliphatic carbocycles. The number of anilines is 1. The topological polar surface area (TPSA) is 54.3 Å². The minimum absolute atomic E-state index is 0.132. The summed E-state index contributed by atoms with van der Waals surface area (Å²) in [5, 5.41) is 7.02. The molecule has 0 fully saturated rings. The molecule has 1 aromatic heterocycles. The predicted octanol–water partition coefficient (Wildman–Crippen LogP) is 6.74. The van der Waals surface area contributed by atoms with Crippen molar-refractivity contribution in [2.75, 3.05) is 5.32 Å². The number of aryl methyl sites for hydroxylation is 1. The maximum Gasteiger partial charge on any atom is 0.250 e. The van der Waals surface area contributed by atoms with Crippen LogP contribution in [0.5, 0.6) is 0 Å². The van der Waals surface area contributed by atoms with Crippen LogP contribution in [0.1, 0.15) is 11.3 Å². The average Bonchev–Trinajstić information content (AvgIpc) is 3.14. The molecule has 0 spiro atoms. The van der Waals surface area contributed by atoms with E-state index in [4.69, 9.17) is 51.4 Å². The van der Waals surface area contributed by atoms with Crippen molar-refractivity contribution in [3.63, 3.8) is 0 Å². The number of carbonyl (C=O) groups excluding carboxylic acids is 1. The van der Waals surface area contributed by atoms with Gasteiger partial charge in [0, 0.05) is 22.3 Å². The van der Waals surface area contributed by atoms with Crippen LogP contribution in [-0.4, -0.2) is 11.0 Å². The molecule has 0 aliphatic heterocycles. The number of furan rings is 1. The van der Waals surface area contributed by atoms with E-state index in [1.54, 1.807) is 30.3 Å². The van der Waals surface area contributed by atoms with Crippen LogP contribution in [0.2, 0.25) is 15.1 Å². The quantitative estimate of drug-likeness (QED) is 0.331. The molecule has 148 valence electrons. The van der Waals surface area contributed by atoms with Crippen LogP contribution in [0.3, 0.4) is 0 Å². The number of hydrogen-bond acceptors (Lipinski definition) is 3. The largest absolute Gasteiger partial charge is 0.457 e. The van der Waals surface area contributed by atoms with Gasteiger partial charge in [-0.1, -0.05) is 46.9 Å². The van der Waals surface area contributed by atoms with Crippen molar-refractivity contribution in [2.24, 2.45) is 0 Å². The first kappa shape index (κ1) is 21.4. The second kappa shape index (κ2) is 9.46. The lowest BCUT2D eigenvalue weighted by atomic mass is 10.1. The van der Waals surface area contributed by atoms with Crippen molar-refractivity contribution < 1.29 is 9.21 Å². The summed E-state index contributed by atoms with van der Waals surface area (Å²) in [6, 6.07) is 14.2. The summed E-state index contributed by atoms with van der Waals surface area (Å²) in [6.07, 6.45) is 2.88. The highest BCUT2D eigenvalue weighted by molar-refractivity contribution is 7.80. The zero-order valence-corrected chi connectivity index (χ0v) is 18.2. The van der Waals surface area contributed by atoms with Gasteiger partial charge in [0.1, 0.15) is 11.5 Å². The van der Waals surface area contributed by atoms with Crippen LogP contribution in [0.15, 0.2) is 59.0 Å². The Labute approximate surface area is 188 Å². The Morgan fingerprint density at radius 1 is 1.00 bits per heavy atom. The molecule has 3 aromatic rings. The van der Waals surface area contributed by atoms with Crippen LogP contribution in [0.25, 0.3) is 17.4 Å². The van der Waals surface area contributed by atoms with E-state index in [-0.39, 0.29) is 5.11 Å². The van der Waals surface area contributed by atoms with Crippen molar-refractivity contribution >= 4 is 69.8 Å². The zero-order chi connectivity index (χ0) is 21.0. The van der Waals surface area contributed by atoms with Crippen molar-refractivity contribution in [3.05, 3.63) is 81.0 Å². The lowest BCUT2D eigenvalue weighted by molar-refractivity contribution is -0.115. The SMILES string of the molecule is Cc1ccc(-c2ccc(/C=C/C(=O)NC(=S)Nc3ccc(Cl)c(Cl)c3)o2)cc1Cl. The maximum atomic E-state index is 12.1. The molecule has 0 aliphatic rings. The van der Waals surface area contributed by atoms with Crippen LogP contribution in [0, 0.1) is 6.92 Å². The molecule has 8 heteroatoms. The van der Waals surface area contributed by atoms with Crippen LogP contribution >= 0.6 is 47.0 Å². The molecule has 1 amide bonds. The molecule has 0 saturated heterocycles. The van der Waals surface area contributed by atoms with Crippen LogP contribution < -0.4 is 10.6 Å². The molecule has 0 radical (unpaired) electrons. The Hall–Kier alpha value is -2.31. The molecule has 0 bridgehead atoms. The number of rotatable bonds is 4. The van der Waals surface area contributed by atoms with Gasteiger partial charge in [0.2, 0.25) is 5.91 Å². The predicted molar refractivity (Wildman–Crippen MR) is 124 cm³/mol. The van der Waals surface area contributed by atoms with Crippen molar-refractivity contribution in [2.45, 2.75) is 6.92 Å². The third-order valence-electron chi connectivity index (χ3n) is 3.90. The monoisotopic (exact) mass is 464 g/mol. The number of hydrogen-bond donors (Lipinski definition) is 2. The van der Waals surface area contributed by atoms with Crippen molar-refractivity contribution in [1.29, 1.82) is 0 Å². The van der Waals surface area contributed by atoms with Crippen LogP contribution in [-0.2, 0) is 4.79 Å². The normalized spacial score (nSPS) is 10.9. The van der Waals surface area contributed by atoms with Gasteiger partial charge in [0.05, 0.1) is 10.0 Å². The van der Waals surface area contributed by atoms with Gasteiger partial charge in [0.25, 0.3) is 0 Å². The third kappa shape index (κ3) is 5.84. The highest BCUT2D eigenvalue weighted by atomic mass is 35.5. The zero-order valence-electron chi connectivity index (χ0n) is 15.1. The second-order valence-electron chi connectivity index (χ2n) is 6.07. The Balaban J connectivity index is 1.59. The minimum atomic E-state index is -0.404. The molecular formula is C21H15Cl3N2O2S. The molecule has 1 heterocycles. The van der Waals surface area contributed by atoms with Gasteiger partial charge in [-0.3, -0.25) is 10.1 Å². The second-order valence-corrected chi connectivity index (χ2v) is 7.70. The standard InChI is InChI=1S/C21H15Cl3N2O2S/c1-12-2-3-13(10-17(12)23)19-8-5-15(28-19)6-9-20(27)26-21(29)25-14-4-7-16(22)18(24)11-14/h2-11H,1H3,(H2,25,26,27,29)/b9-6+. The molecule has 4 nitrogen and oxygen atoms in total. The third-order valence-corrected chi connectivity index (χ3v) is 5.25. The molecule has 29 heavy (non-hydrogen) atoms. The first-order valence-corrected chi connectivity index (χ1v) is 9.97. The minimum Gasteiger partial charge on any atom is -0.457 e. The smallest absolute Gasteiger partial charge is 0.250 e. The van der Waals surface area contributed by atoms with E-state index in [1.165, 1.54) is 6.08 Å². The molecule has 0 saturated carbocycles. The number of carbonyl (C=O) groups is 1. The summed E-state index contributed by atoms with van der Waals surface area (Å²) in [6.45, 7) is 1.93. The van der Waals surface area contributed by atoms with Gasteiger partial charge in [-0.15, -0.1) is 0 Å². The average molecular weight is 466 g/mol. The van der Waals surface area contributed by atoms with Gasteiger partial charge < -0.3 is 9.73 Å². The van der Waals surface area contributed by atoms with Gasteiger partial charge in [-0.05, 0) is 67.2 Å². The Morgan fingerprint density at radius 3 is 2.52 bits per heavy atom.